The van der Waals surface area contributed by atoms with E-state index in [2.05, 4.69) is 41.2 Å². The van der Waals surface area contributed by atoms with E-state index in [9.17, 15) is 0 Å². The maximum Gasteiger partial charge on any atom is 0.161 e. The second-order valence-electron chi connectivity index (χ2n) is 4.67. The van der Waals surface area contributed by atoms with Crippen LogP contribution in [0.1, 0.15) is 31.4 Å². The smallest absolute Gasteiger partial charge is 0.161 e. The van der Waals surface area contributed by atoms with Gasteiger partial charge in [-0.25, -0.2) is 9.97 Å². The highest BCUT2D eigenvalue weighted by Crippen LogP contribution is 2.40. The number of hydrogen-bond donors (Lipinski definition) is 0. The molecule has 2 nitrogen and oxygen atoms in total. The average molecular weight is 291 g/mol. The van der Waals surface area contributed by atoms with E-state index in [1.807, 2.05) is 17.8 Å². The number of rotatable bonds is 4. The van der Waals surface area contributed by atoms with Gasteiger partial charge >= 0.3 is 0 Å². The van der Waals surface area contributed by atoms with E-state index in [1.165, 1.54) is 17.7 Å². The van der Waals surface area contributed by atoms with Crippen molar-refractivity contribution in [1.82, 2.24) is 9.97 Å². The average Bonchev–Trinajstić information content (AvgIpc) is 3.23. The molecule has 1 aromatic heterocycles. The Morgan fingerprint density at radius 3 is 2.58 bits per heavy atom. The molecule has 3 rings (SSSR count). The van der Waals surface area contributed by atoms with E-state index >= 15 is 0 Å². The zero-order chi connectivity index (χ0) is 13.2. The Hall–Kier alpha value is -1.06. The van der Waals surface area contributed by atoms with Crippen molar-refractivity contribution in [2.45, 2.75) is 30.6 Å². The molecule has 2 aromatic rings. The Morgan fingerprint density at radius 1 is 1.21 bits per heavy atom. The number of thioether (sulfide) groups is 1. The van der Waals surface area contributed by atoms with E-state index in [1.54, 1.807) is 0 Å². The summed E-state index contributed by atoms with van der Waals surface area (Å²) in [5, 5.41) is 0.541. The maximum atomic E-state index is 6.10. The van der Waals surface area contributed by atoms with Crippen LogP contribution in [0.2, 0.25) is 5.15 Å². The molecule has 0 N–H and O–H groups in total. The first kappa shape index (κ1) is 12.9. The van der Waals surface area contributed by atoms with Crippen LogP contribution >= 0.6 is 23.4 Å². The van der Waals surface area contributed by atoms with Crippen LogP contribution in [0.25, 0.3) is 11.4 Å². The maximum absolute atomic E-state index is 6.10. The van der Waals surface area contributed by atoms with Crippen molar-refractivity contribution >= 4 is 23.4 Å². The summed E-state index contributed by atoms with van der Waals surface area (Å²) in [7, 11) is 0. The molecule has 1 heterocycles. The number of hydrogen-bond acceptors (Lipinski definition) is 3. The van der Waals surface area contributed by atoms with Crippen LogP contribution in [0.3, 0.4) is 0 Å². The number of halogens is 1. The molecular formula is C15H15ClN2S. The molecule has 0 aliphatic heterocycles. The molecule has 1 aliphatic rings. The van der Waals surface area contributed by atoms with Crippen molar-refractivity contribution in [1.29, 1.82) is 0 Å². The Balaban J connectivity index is 1.92. The number of benzene rings is 1. The third-order valence-corrected chi connectivity index (χ3v) is 4.22. The minimum Gasteiger partial charge on any atom is -0.233 e. The van der Waals surface area contributed by atoms with Crippen molar-refractivity contribution in [3.05, 3.63) is 41.2 Å². The fourth-order valence-corrected chi connectivity index (χ4v) is 2.87. The van der Waals surface area contributed by atoms with E-state index in [0.717, 1.165) is 22.8 Å². The summed E-state index contributed by atoms with van der Waals surface area (Å²) in [4.78, 5) is 10.3. The zero-order valence-corrected chi connectivity index (χ0v) is 12.3. The lowest BCUT2D eigenvalue weighted by Gasteiger charge is -2.05. The third kappa shape index (κ3) is 3.10. The monoisotopic (exact) mass is 290 g/mol. The van der Waals surface area contributed by atoms with Gasteiger partial charge in [0.2, 0.25) is 0 Å². The van der Waals surface area contributed by atoms with Crippen molar-refractivity contribution in [2.24, 2.45) is 0 Å². The van der Waals surface area contributed by atoms with Gasteiger partial charge in [0.05, 0.1) is 0 Å². The lowest BCUT2D eigenvalue weighted by Crippen LogP contribution is -1.94. The molecule has 0 unspecified atom stereocenters. The minimum atomic E-state index is 0.541. The highest BCUT2D eigenvalue weighted by Gasteiger charge is 2.26. The van der Waals surface area contributed by atoms with Gasteiger partial charge in [0.15, 0.2) is 5.82 Å². The van der Waals surface area contributed by atoms with Crippen LogP contribution in [-0.2, 0) is 0 Å². The van der Waals surface area contributed by atoms with Crippen LogP contribution in [0.5, 0.6) is 0 Å². The van der Waals surface area contributed by atoms with Gasteiger partial charge < -0.3 is 0 Å². The van der Waals surface area contributed by atoms with Gasteiger partial charge in [0.1, 0.15) is 5.15 Å². The first-order chi connectivity index (χ1) is 9.26. The molecule has 0 atom stereocenters. The van der Waals surface area contributed by atoms with Gasteiger partial charge in [-0.1, -0.05) is 30.7 Å². The fraction of sp³-hybridized carbons (Fsp3) is 0.333. The summed E-state index contributed by atoms with van der Waals surface area (Å²) in [6, 6.07) is 10.3. The quantitative estimate of drug-likeness (QED) is 0.598. The van der Waals surface area contributed by atoms with Crippen LogP contribution in [-0.4, -0.2) is 15.7 Å². The molecule has 0 radical (unpaired) electrons. The number of nitrogens with zero attached hydrogens (tertiary/aromatic N) is 2. The van der Waals surface area contributed by atoms with Crippen molar-refractivity contribution in [3.63, 3.8) is 0 Å². The molecular weight excluding hydrogens is 276 g/mol. The van der Waals surface area contributed by atoms with Crippen molar-refractivity contribution < 1.29 is 0 Å². The Labute approximate surface area is 122 Å². The first-order valence-corrected chi connectivity index (χ1v) is 7.90. The molecule has 4 heteroatoms. The fourth-order valence-electron chi connectivity index (χ4n) is 2.02. The molecule has 1 aromatic carbocycles. The second kappa shape index (κ2) is 5.51. The van der Waals surface area contributed by atoms with E-state index < -0.39 is 0 Å². The largest absolute Gasteiger partial charge is 0.233 e. The molecule has 98 valence electrons. The lowest BCUT2D eigenvalue weighted by molar-refractivity contribution is 0.994. The highest BCUT2D eigenvalue weighted by atomic mass is 35.5. The van der Waals surface area contributed by atoms with Gasteiger partial charge in [-0.3, -0.25) is 0 Å². The summed E-state index contributed by atoms with van der Waals surface area (Å²) in [5.41, 5.74) is 2.12. The van der Waals surface area contributed by atoms with E-state index in [0.29, 0.717) is 11.1 Å². The summed E-state index contributed by atoms with van der Waals surface area (Å²) >= 11 is 7.93. The van der Waals surface area contributed by atoms with Crippen LogP contribution in [0.4, 0.5) is 0 Å². The Morgan fingerprint density at radius 2 is 1.95 bits per heavy atom. The molecule has 19 heavy (non-hydrogen) atoms. The standard InChI is InChI=1S/C15H15ClN2S/c1-2-19-12-7-5-11(6-8-12)15-17-13(10-3-4-10)9-14(16)18-15/h5-10H,2-4H2,1H3. The SMILES string of the molecule is CCSc1ccc(-c2nc(Cl)cc(C3CC3)n2)cc1. The summed E-state index contributed by atoms with van der Waals surface area (Å²) < 4.78 is 0. The summed E-state index contributed by atoms with van der Waals surface area (Å²) in [6.07, 6.45) is 2.44. The summed E-state index contributed by atoms with van der Waals surface area (Å²) in [5.74, 6) is 2.41. The molecule has 1 saturated carbocycles. The second-order valence-corrected chi connectivity index (χ2v) is 6.40. The van der Waals surface area contributed by atoms with Gasteiger partial charge in [0, 0.05) is 22.1 Å². The van der Waals surface area contributed by atoms with Crippen molar-refractivity contribution in [2.75, 3.05) is 5.75 Å². The minimum absolute atomic E-state index is 0.541. The highest BCUT2D eigenvalue weighted by molar-refractivity contribution is 7.99. The first-order valence-electron chi connectivity index (χ1n) is 6.54. The van der Waals surface area contributed by atoms with Gasteiger partial charge in [-0.2, -0.15) is 0 Å². The van der Waals surface area contributed by atoms with Gasteiger partial charge in [0.25, 0.3) is 0 Å². The normalized spacial score (nSPS) is 14.6. The Kier molecular flexibility index (Phi) is 3.76. The van der Waals surface area contributed by atoms with Crippen LogP contribution < -0.4 is 0 Å². The predicted octanol–water partition coefficient (Wildman–Crippen LogP) is 4.79. The molecule has 0 spiro atoms. The van der Waals surface area contributed by atoms with Gasteiger partial charge in [-0.05, 0) is 36.8 Å². The lowest BCUT2D eigenvalue weighted by atomic mass is 10.2. The molecule has 0 amide bonds. The van der Waals surface area contributed by atoms with E-state index in [4.69, 9.17) is 11.6 Å². The summed E-state index contributed by atoms with van der Waals surface area (Å²) in [6.45, 7) is 2.15. The zero-order valence-electron chi connectivity index (χ0n) is 10.8. The molecule has 1 fully saturated rings. The predicted molar refractivity (Wildman–Crippen MR) is 80.9 cm³/mol. The third-order valence-electron chi connectivity index (χ3n) is 3.13. The molecule has 1 aliphatic carbocycles. The molecule has 0 bridgehead atoms. The van der Waals surface area contributed by atoms with Crippen LogP contribution in [0, 0.1) is 0 Å². The van der Waals surface area contributed by atoms with E-state index in [-0.39, 0.29) is 0 Å². The Bertz CT molecular complexity index is 579. The van der Waals surface area contributed by atoms with Gasteiger partial charge in [-0.15, -0.1) is 11.8 Å². The topological polar surface area (TPSA) is 25.8 Å². The number of aromatic nitrogens is 2. The molecule has 0 saturated heterocycles. The van der Waals surface area contributed by atoms with Crippen LogP contribution in [0.15, 0.2) is 35.2 Å². The van der Waals surface area contributed by atoms with Crippen molar-refractivity contribution in [3.8, 4) is 11.4 Å².